The smallest absolute Gasteiger partial charge is 0.339 e. The van der Waals surface area contributed by atoms with Crippen molar-refractivity contribution in [3.05, 3.63) is 46.1 Å². The lowest BCUT2D eigenvalue weighted by atomic mass is 9.94. The minimum atomic E-state index is -1.20. The van der Waals surface area contributed by atoms with Crippen molar-refractivity contribution in [1.29, 1.82) is 0 Å². The highest BCUT2D eigenvalue weighted by Crippen LogP contribution is 2.35. The van der Waals surface area contributed by atoms with E-state index in [1.54, 1.807) is 0 Å². The van der Waals surface area contributed by atoms with Gasteiger partial charge < -0.3 is 20.4 Å². The number of hydrogen-bond donors (Lipinski definition) is 4. The van der Waals surface area contributed by atoms with Crippen LogP contribution in [0.3, 0.4) is 0 Å². The van der Waals surface area contributed by atoms with E-state index in [1.165, 1.54) is 11.6 Å². The Hall–Kier alpha value is -2.76. The second-order valence-corrected chi connectivity index (χ2v) is 8.65. The predicted octanol–water partition coefficient (Wildman–Crippen LogP) is 6.39. The minimum Gasteiger partial charge on any atom is -0.508 e. The Labute approximate surface area is 191 Å². The first kappa shape index (κ1) is 27.3. The Morgan fingerprint density at radius 2 is 1.50 bits per heavy atom. The number of phenols is 2. The molecule has 0 atom stereocenters. The van der Waals surface area contributed by atoms with E-state index >= 15 is 0 Å². The maximum Gasteiger partial charge on any atom is 0.339 e. The Balaban J connectivity index is 2.74. The molecule has 0 unspecified atom stereocenters. The number of carboxylic acids is 2. The molecule has 6 nitrogen and oxygen atoms in total. The number of benzene rings is 1. The highest BCUT2D eigenvalue weighted by atomic mass is 16.4. The third-order valence-corrected chi connectivity index (χ3v) is 5.51. The molecular formula is C26H38O6. The molecule has 32 heavy (non-hydrogen) atoms. The maximum absolute atomic E-state index is 11.8. The number of phenolic OH excluding ortho intramolecular Hbond substituents is 1. The molecule has 0 aliphatic carbocycles. The van der Waals surface area contributed by atoms with Crippen LogP contribution in [0.25, 0.3) is 0 Å². The van der Waals surface area contributed by atoms with Gasteiger partial charge in [-0.05, 0) is 70.9 Å². The van der Waals surface area contributed by atoms with Crippen LogP contribution in [-0.4, -0.2) is 32.4 Å². The summed E-state index contributed by atoms with van der Waals surface area (Å²) < 4.78 is 0. The van der Waals surface area contributed by atoms with Crippen LogP contribution in [0.2, 0.25) is 0 Å². The number of aliphatic carboxylic acids is 1. The van der Waals surface area contributed by atoms with Crippen LogP contribution >= 0.6 is 0 Å². The molecule has 0 saturated carbocycles. The van der Waals surface area contributed by atoms with E-state index in [-0.39, 0.29) is 35.5 Å². The van der Waals surface area contributed by atoms with Gasteiger partial charge in [0.2, 0.25) is 0 Å². The molecule has 1 aromatic rings. The van der Waals surface area contributed by atoms with Gasteiger partial charge in [-0.3, -0.25) is 4.79 Å². The van der Waals surface area contributed by atoms with Crippen LogP contribution in [0.15, 0.2) is 29.4 Å². The number of aromatic hydroxyl groups is 2. The van der Waals surface area contributed by atoms with E-state index in [0.29, 0.717) is 18.4 Å². The van der Waals surface area contributed by atoms with E-state index in [2.05, 4.69) is 6.08 Å². The maximum atomic E-state index is 11.8. The van der Waals surface area contributed by atoms with E-state index in [4.69, 9.17) is 5.11 Å². The number of aromatic carboxylic acids is 1. The van der Waals surface area contributed by atoms with Crippen molar-refractivity contribution in [2.75, 3.05) is 0 Å². The van der Waals surface area contributed by atoms with Gasteiger partial charge >= 0.3 is 11.9 Å². The van der Waals surface area contributed by atoms with Crippen molar-refractivity contribution in [1.82, 2.24) is 0 Å². The van der Waals surface area contributed by atoms with Crippen molar-refractivity contribution in [3.8, 4) is 11.5 Å². The van der Waals surface area contributed by atoms with Crippen LogP contribution in [0, 0.1) is 0 Å². The molecule has 0 aromatic heterocycles. The lowest BCUT2D eigenvalue weighted by Crippen LogP contribution is -2.06. The zero-order valence-corrected chi connectivity index (χ0v) is 19.6. The lowest BCUT2D eigenvalue weighted by Gasteiger charge is -2.14. The third kappa shape index (κ3) is 10.0. The van der Waals surface area contributed by atoms with E-state index in [9.17, 15) is 24.9 Å². The molecule has 0 radical (unpaired) electrons. The molecule has 0 amide bonds. The Morgan fingerprint density at radius 1 is 0.875 bits per heavy atom. The number of allylic oxidation sites excluding steroid dienone is 4. The number of hydrogen-bond acceptors (Lipinski definition) is 4. The van der Waals surface area contributed by atoms with Gasteiger partial charge in [-0.25, -0.2) is 4.79 Å². The van der Waals surface area contributed by atoms with Gasteiger partial charge in [0, 0.05) is 12.0 Å². The van der Waals surface area contributed by atoms with Crippen molar-refractivity contribution in [2.24, 2.45) is 0 Å². The number of carboxylic acid groups (broad SMARTS) is 2. The van der Waals surface area contributed by atoms with Crippen LogP contribution in [-0.2, 0) is 17.6 Å². The van der Waals surface area contributed by atoms with Gasteiger partial charge in [0.15, 0.2) is 0 Å². The highest BCUT2D eigenvalue weighted by molar-refractivity contribution is 5.93. The SMILES string of the molecule is CC(C)=CCC/C(C)=C/Cc1c(O)cc(CCCCCCCCC(=O)O)c(C(=O)O)c1O. The highest BCUT2D eigenvalue weighted by Gasteiger charge is 2.21. The molecule has 178 valence electrons. The van der Waals surface area contributed by atoms with Gasteiger partial charge in [0.1, 0.15) is 17.1 Å². The summed E-state index contributed by atoms with van der Waals surface area (Å²) in [5, 5.41) is 39.3. The average molecular weight is 447 g/mol. The molecule has 0 fully saturated rings. The van der Waals surface area contributed by atoms with Crippen molar-refractivity contribution >= 4 is 11.9 Å². The average Bonchev–Trinajstić information content (AvgIpc) is 2.68. The molecule has 0 spiro atoms. The third-order valence-electron chi connectivity index (χ3n) is 5.51. The standard InChI is InChI=1S/C26H38O6/c1-18(2)11-10-12-19(3)15-16-21-22(27)17-20(24(25(21)30)26(31)32)13-8-6-4-5-7-9-14-23(28)29/h11,15,17,27,30H,4-10,12-14,16H2,1-3H3,(H,28,29)(H,31,32)/b19-15+. The summed E-state index contributed by atoms with van der Waals surface area (Å²) in [6.07, 6.45) is 11.8. The molecule has 0 heterocycles. The van der Waals surface area contributed by atoms with Crippen LogP contribution < -0.4 is 0 Å². The Bertz CT molecular complexity index is 831. The summed E-state index contributed by atoms with van der Waals surface area (Å²) in [6.45, 7) is 6.08. The first-order chi connectivity index (χ1) is 15.1. The Morgan fingerprint density at radius 3 is 2.09 bits per heavy atom. The van der Waals surface area contributed by atoms with Gasteiger partial charge in [-0.2, -0.15) is 0 Å². The molecule has 0 aliphatic heterocycles. The van der Waals surface area contributed by atoms with Crippen molar-refractivity contribution in [2.45, 2.75) is 91.4 Å². The summed E-state index contributed by atoms with van der Waals surface area (Å²) >= 11 is 0. The summed E-state index contributed by atoms with van der Waals surface area (Å²) in [5.41, 5.74) is 2.92. The fraction of sp³-hybridized carbons (Fsp3) is 0.538. The number of carbonyl (C=O) groups is 2. The fourth-order valence-corrected chi connectivity index (χ4v) is 3.65. The second kappa shape index (κ2) is 14.3. The molecule has 0 aliphatic rings. The Kier molecular flexibility index (Phi) is 12.2. The van der Waals surface area contributed by atoms with E-state index in [1.807, 2.05) is 26.8 Å². The largest absolute Gasteiger partial charge is 0.508 e. The second-order valence-electron chi connectivity index (χ2n) is 8.65. The molecular weight excluding hydrogens is 408 g/mol. The quantitative estimate of drug-likeness (QED) is 0.183. The molecule has 0 saturated heterocycles. The zero-order valence-electron chi connectivity index (χ0n) is 19.6. The summed E-state index contributed by atoms with van der Waals surface area (Å²) in [5.74, 6) is -2.40. The first-order valence-electron chi connectivity index (χ1n) is 11.4. The summed E-state index contributed by atoms with van der Waals surface area (Å²) in [6, 6.07) is 1.47. The topological polar surface area (TPSA) is 115 Å². The zero-order chi connectivity index (χ0) is 24.1. The number of rotatable bonds is 15. The van der Waals surface area contributed by atoms with E-state index < -0.39 is 11.9 Å². The predicted molar refractivity (Wildman–Crippen MR) is 127 cm³/mol. The molecule has 1 aromatic carbocycles. The monoisotopic (exact) mass is 446 g/mol. The van der Waals surface area contributed by atoms with Crippen LogP contribution in [0.1, 0.15) is 100 Å². The van der Waals surface area contributed by atoms with Gasteiger partial charge in [-0.1, -0.05) is 49.0 Å². The number of unbranched alkanes of at least 4 members (excludes halogenated alkanes) is 5. The van der Waals surface area contributed by atoms with Crippen LogP contribution in [0.5, 0.6) is 11.5 Å². The molecule has 4 N–H and O–H groups in total. The molecule has 0 bridgehead atoms. The minimum absolute atomic E-state index is 0.0791. The van der Waals surface area contributed by atoms with Crippen LogP contribution in [0.4, 0.5) is 0 Å². The lowest BCUT2D eigenvalue weighted by molar-refractivity contribution is -0.137. The number of aryl methyl sites for hydroxylation is 1. The summed E-state index contributed by atoms with van der Waals surface area (Å²) in [4.78, 5) is 22.3. The van der Waals surface area contributed by atoms with E-state index in [0.717, 1.165) is 50.5 Å². The normalized spacial score (nSPS) is 11.4. The molecule has 6 heteroatoms. The van der Waals surface area contributed by atoms with Crippen molar-refractivity contribution < 1.29 is 30.0 Å². The van der Waals surface area contributed by atoms with Gasteiger partial charge in [0.05, 0.1) is 0 Å². The van der Waals surface area contributed by atoms with Gasteiger partial charge in [0.25, 0.3) is 0 Å². The van der Waals surface area contributed by atoms with Crippen molar-refractivity contribution in [3.63, 3.8) is 0 Å². The fourth-order valence-electron chi connectivity index (χ4n) is 3.65. The summed E-state index contributed by atoms with van der Waals surface area (Å²) in [7, 11) is 0. The molecule has 1 rings (SSSR count). The first-order valence-corrected chi connectivity index (χ1v) is 11.4. The van der Waals surface area contributed by atoms with Gasteiger partial charge in [-0.15, -0.1) is 0 Å².